The minimum absolute atomic E-state index is 0.393. The van der Waals surface area contributed by atoms with Gasteiger partial charge in [0.1, 0.15) is 0 Å². The van der Waals surface area contributed by atoms with Gasteiger partial charge >= 0.3 is 0 Å². The monoisotopic (exact) mass is 223 g/mol. The number of hydrogen-bond donors (Lipinski definition) is 2. The smallest absolute Gasteiger partial charge is 0.177 e. The van der Waals surface area contributed by atoms with E-state index in [9.17, 15) is 0 Å². The lowest BCUT2D eigenvalue weighted by Crippen LogP contribution is -2.20. The van der Waals surface area contributed by atoms with Crippen molar-refractivity contribution in [3.05, 3.63) is 5.82 Å². The molecule has 1 heterocycles. The van der Waals surface area contributed by atoms with Crippen molar-refractivity contribution >= 4 is 0 Å². The molecule has 2 unspecified atom stereocenters. The number of aromatic nitrogens is 4. The summed E-state index contributed by atoms with van der Waals surface area (Å²) in [5.74, 6) is 1.36. The molecule has 0 aliphatic heterocycles. The van der Waals surface area contributed by atoms with Gasteiger partial charge in [0.2, 0.25) is 0 Å². The lowest BCUT2D eigenvalue weighted by atomic mass is 9.90. The molecule has 0 bridgehead atoms. The maximum Gasteiger partial charge on any atom is 0.177 e. The second-order valence-electron chi connectivity index (χ2n) is 4.80. The van der Waals surface area contributed by atoms with Crippen LogP contribution in [0.2, 0.25) is 0 Å². The van der Waals surface area contributed by atoms with E-state index in [1.54, 1.807) is 0 Å². The molecule has 5 nitrogen and oxygen atoms in total. The largest absolute Gasteiger partial charge is 0.328 e. The lowest BCUT2D eigenvalue weighted by molar-refractivity contribution is 0.423. The Labute approximate surface area is 96.2 Å². The van der Waals surface area contributed by atoms with E-state index in [1.165, 1.54) is 38.5 Å². The van der Waals surface area contributed by atoms with Crippen LogP contribution in [0.1, 0.15) is 63.1 Å². The molecule has 0 aromatic carbocycles. The summed E-state index contributed by atoms with van der Waals surface area (Å²) >= 11 is 0. The third-order valence-corrected chi connectivity index (χ3v) is 3.48. The maximum atomic E-state index is 6.04. The minimum Gasteiger partial charge on any atom is -0.328 e. The van der Waals surface area contributed by atoms with Crippen molar-refractivity contribution in [1.82, 2.24) is 20.6 Å². The van der Waals surface area contributed by atoms with E-state index in [4.69, 9.17) is 5.73 Å². The molecule has 0 spiro atoms. The normalized spacial score (nSPS) is 28.8. The molecular weight excluding hydrogens is 202 g/mol. The predicted octanol–water partition coefficient (Wildman–Crippen LogP) is 1.74. The molecular formula is C11H21N5. The second kappa shape index (κ2) is 5.94. The average Bonchev–Trinajstić information content (AvgIpc) is 2.80. The molecule has 1 aliphatic rings. The van der Waals surface area contributed by atoms with Crippen LogP contribution in [0.25, 0.3) is 0 Å². The molecule has 3 N–H and O–H groups in total. The Kier molecular flexibility index (Phi) is 4.27. The molecule has 0 amide bonds. The SMILES string of the molecule is NC1CCCCCC(c2nn[nH]n2)CCC1. The van der Waals surface area contributed by atoms with E-state index in [0.717, 1.165) is 18.7 Å². The van der Waals surface area contributed by atoms with E-state index in [0.29, 0.717) is 12.0 Å². The molecule has 1 saturated carbocycles. The molecule has 90 valence electrons. The van der Waals surface area contributed by atoms with Crippen molar-refractivity contribution in [3.8, 4) is 0 Å². The molecule has 1 aromatic heterocycles. The zero-order chi connectivity index (χ0) is 11.2. The van der Waals surface area contributed by atoms with Gasteiger partial charge in [-0.15, -0.1) is 10.2 Å². The van der Waals surface area contributed by atoms with E-state index >= 15 is 0 Å². The van der Waals surface area contributed by atoms with Gasteiger partial charge in [-0.1, -0.05) is 30.9 Å². The average molecular weight is 223 g/mol. The van der Waals surface area contributed by atoms with Crippen LogP contribution in [-0.2, 0) is 0 Å². The van der Waals surface area contributed by atoms with Gasteiger partial charge in [-0.25, -0.2) is 0 Å². The predicted molar refractivity (Wildman–Crippen MR) is 61.8 cm³/mol. The summed E-state index contributed by atoms with van der Waals surface area (Å²) in [6.07, 6.45) is 9.64. The highest BCUT2D eigenvalue weighted by molar-refractivity contribution is 4.90. The van der Waals surface area contributed by atoms with E-state index in [2.05, 4.69) is 20.6 Å². The second-order valence-corrected chi connectivity index (χ2v) is 4.80. The van der Waals surface area contributed by atoms with E-state index in [-0.39, 0.29) is 0 Å². The van der Waals surface area contributed by atoms with Gasteiger partial charge in [0.15, 0.2) is 5.82 Å². The number of H-pyrrole nitrogens is 1. The quantitative estimate of drug-likeness (QED) is 0.760. The molecule has 5 heteroatoms. The van der Waals surface area contributed by atoms with E-state index in [1.807, 2.05) is 0 Å². The Hall–Kier alpha value is -0.970. The summed E-state index contributed by atoms with van der Waals surface area (Å²) in [5.41, 5.74) is 6.04. The van der Waals surface area contributed by atoms with Gasteiger partial charge in [0.05, 0.1) is 0 Å². The number of aromatic amines is 1. The highest BCUT2D eigenvalue weighted by Gasteiger charge is 2.17. The molecule has 1 fully saturated rings. The number of tetrazole rings is 1. The first-order chi connectivity index (χ1) is 7.86. The van der Waals surface area contributed by atoms with Crippen molar-refractivity contribution in [2.24, 2.45) is 5.73 Å². The Morgan fingerprint density at radius 1 is 1.00 bits per heavy atom. The van der Waals surface area contributed by atoms with Gasteiger partial charge < -0.3 is 5.73 Å². The van der Waals surface area contributed by atoms with Crippen LogP contribution in [0.5, 0.6) is 0 Å². The van der Waals surface area contributed by atoms with Crippen LogP contribution < -0.4 is 5.73 Å². The van der Waals surface area contributed by atoms with Crippen LogP contribution >= 0.6 is 0 Å². The van der Waals surface area contributed by atoms with Crippen molar-refractivity contribution in [2.45, 2.75) is 63.3 Å². The summed E-state index contributed by atoms with van der Waals surface area (Å²) in [6.45, 7) is 0. The molecule has 1 aliphatic carbocycles. The fourth-order valence-electron chi connectivity index (χ4n) is 2.49. The highest BCUT2D eigenvalue weighted by atomic mass is 15.5. The minimum atomic E-state index is 0.393. The van der Waals surface area contributed by atoms with E-state index < -0.39 is 0 Å². The Morgan fingerprint density at radius 2 is 1.75 bits per heavy atom. The molecule has 0 saturated heterocycles. The van der Waals surface area contributed by atoms with Gasteiger partial charge in [0, 0.05) is 12.0 Å². The fourth-order valence-corrected chi connectivity index (χ4v) is 2.49. The number of nitrogens with two attached hydrogens (primary N) is 1. The maximum absolute atomic E-state index is 6.04. The lowest BCUT2D eigenvalue weighted by Gasteiger charge is -2.18. The van der Waals surface area contributed by atoms with Crippen molar-refractivity contribution in [1.29, 1.82) is 0 Å². The molecule has 16 heavy (non-hydrogen) atoms. The van der Waals surface area contributed by atoms with Crippen LogP contribution in [0.4, 0.5) is 0 Å². The first kappa shape index (κ1) is 11.5. The first-order valence-corrected chi connectivity index (χ1v) is 6.35. The number of nitrogens with zero attached hydrogens (tertiary/aromatic N) is 3. The summed E-state index contributed by atoms with van der Waals surface area (Å²) in [4.78, 5) is 0. The zero-order valence-corrected chi connectivity index (χ0v) is 9.73. The van der Waals surface area contributed by atoms with Crippen molar-refractivity contribution < 1.29 is 0 Å². The third-order valence-electron chi connectivity index (χ3n) is 3.48. The summed E-state index contributed by atoms with van der Waals surface area (Å²) in [7, 11) is 0. The molecule has 2 atom stereocenters. The molecule has 1 aromatic rings. The Morgan fingerprint density at radius 3 is 2.56 bits per heavy atom. The topological polar surface area (TPSA) is 80.5 Å². The summed E-state index contributed by atoms with van der Waals surface area (Å²) in [6, 6.07) is 0.393. The van der Waals surface area contributed by atoms with Gasteiger partial charge in [0.25, 0.3) is 0 Å². The van der Waals surface area contributed by atoms with Crippen LogP contribution in [0.3, 0.4) is 0 Å². The number of nitrogens with one attached hydrogen (secondary N) is 1. The zero-order valence-electron chi connectivity index (χ0n) is 9.73. The third kappa shape index (κ3) is 3.27. The van der Waals surface area contributed by atoms with Crippen molar-refractivity contribution in [2.75, 3.05) is 0 Å². The van der Waals surface area contributed by atoms with Gasteiger partial charge in [-0.2, -0.15) is 5.21 Å². The van der Waals surface area contributed by atoms with Gasteiger partial charge in [-0.05, 0) is 25.7 Å². The highest BCUT2D eigenvalue weighted by Crippen LogP contribution is 2.26. The van der Waals surface area contributed by atoms with Crippen LogP contribution in [0.15, 0.2) is 0 Å². The molecule has 2 rings (SSSR count). The Bertz CT molecular complexity index is 285. The van der Waals surface area contributed by atoms with Gasteiger partial charge in [-0.3, -0.25) is 0 Å². The fraction of sp³-hybridized carbons (Fsp3) is 0.909. The standard InChI is InChI=1S/C11H21N5/c12-10-7-3-1-2-5-9(6-4-8-10)11-13-15-16-14-11/h9-10H,1-8,12H2,(H,13,14,15,16). The van der Waals surface area contributed by atoms with Crippen LogP contribution in [-0.4, -0.2) is 26.7 Å². The summed E-state index contributed by atoms with van der Waals surface area (Å²) < 4.78 is 0. The molecule has 0 radical (unpaired) electrons. The Balaban J connectivity index is 1.91. The summed E-state index contributed by atoms with van der Waals surface area (Å²) in [5, 5.41) is 14.4. The van der Waals surface area contributed by atoms with Crippen LogP contribution in [0, 0.1) is 0 Å². The number of hydrogen-bond acceptors (Lipinski definition) is 4. The van der Waals surface area contributed by atoms with Crippen molar-refractivity contribution in [3.63, 3.8) is 0 Å². The number of rotatable bonds is 1. The first-order valence-electron chi connectivity index (χ1n) is 6.35.